The second kappa shape index (κ2) is 7.09. The van der Waals surface area contributed by atoms with E-state index in [4.69, 9.17) is 11.6 Å². The lowest BCUT2D eigenvalue weighted by Gasteiger charge is -2.34. The number of hydrogen-bond donors (Lipinski definition) is 1. The molecule has 0 bridgehead atoms. The van der Waals surface area contributed by atoms with Crippen LogP contribution in [0.2, 0.25) is 5.02 Å². The summed E-state index contributed by atoms with van der Waals surface area (Å²) in [6.45, 7) is 9.63. The van der Waals surface area contributed by atoms with Gasteiger partial charge in [0, 0.05) is 17.6 Å². The summed E-state index contributed by atoms with van der Waals surface area (Å²) in [4.78, 5) is 14.0. The van der Waals surface area contributed by atoms with Crippen LogP contribution in [0.4, 0.5) is 0 Å². The van der Waals surface area contributed by atoms with Gasteiger partial charge < -0.3 is 5.32 Å². The van der Waals surface area contributed by atoms with Crippen LogP contribution >= 0.6 is 11.6 Å². The van der Waals surface area contributed by atoms with Crippen molar-refractivity contribution in [2.45, 2.75) is 40.3 Å². The van der Waals surface area contributed by atoms with E-state index in [1.165, 1.54) is 0 Å². The van der Waals surface area contributed by atoms with Crippen LogP contribution in [-0.4, -0.2) is 30.4 Å². The van der Waals surface area contributed by atoms with E-state index in [0.29, 0.717) is 24.2 Å². The van der Waals surface area contributed by atoms with E-state index >= 15 is 0 Å². The highest BCUT2D eigenvalue weighted by Gasteiger charge is 2.24. The summed E-state index contributed by atoms with van der Waals surface area (Å²) in [7, 11) is 1.98. The lowest BCUT2D eigenvalue weighted by molar-refractivity contribution is -0.123. The third-order valence-electron chi connectivity index (χ3n) is 3.71. The van der Waals surface area contributed by atoms with Crippen molar-refractivity contribution in [1.82, 2.24) is 10.2 Å². The highest BCUT2D eigenvalue weighted by Crippen LogP contribution is 2.22. The van der Waals surface area contributed by atoms with Crippen molar-refractivity contribution in [3.63, 3.8) is 0 Å². The van der Waals surface area contributed by atoms with Gasteiger partial charge in [-0.25, -0.2) is 0 Å². The van der Waals surface area contributed by atoms with E-state index in [-0.39, 0.29) is 11.3 Å². The van der Waals surface area contributed by atoms with Crippen molar-refractivity contribution in [3.05, 3.63) is 34.9 Å². The van der Waals surface area contributed by atoms with Gasteiger partial charge in [-0.05, 0) is 37.1 Å². The van der Waals surface area contributed by atoms with Crippen molar-refractivity contribution in [2.75, 3.05) is 13.6 Å². The Hall–Kier alpha value is -1.06. The molecular weight excluding hydrogens is 272 g/mol. The monoisotopic (exact) mass is 296 g/mol. The van der Waals surface area contributed by atoms with Crippen LogP contribution in [0, 0.1) is 5.41 Å². The summed E-state index contributed by atoms with van der Waals surface area (Å²) >= 11 is 5.83. The first-order chi connectivity index (χ1) is 9.20. The zero-order valence-corrected chi connectivity index (χ0v) is 13.8. The van der Waals surface area contributed by atoms with E-state index < -0.39 is 0 Å². The predicted molar refractivity (Wildman–Crippen MR) is 84.8 cm³/mol. The van der Waals surface area contributed by atoms with Gasteiger partial charge in [0.05, 0.1) is 6.54 Å². The second-order valence-corrected chi connectivity index (χ2v) is 6.80. The Bertz CT molecular complexity index is 437. The second-order valence-electron chi connectivity index (χ2n) is 6.36. The fourth-order valence-electron chi connectivity index (χ4n) is 1.88. The molecule has 0 aliphatic heterocycles. The van der Waals surface area contributed by atoms with E-state index in [1.807, 2.05) is 31.3 Å². The molecule has 4 heteroatoms. The van der Waals surface area contributed by atoms with Gasteiger partial charge in [-0.1, -0.05) is 44.5 Å². The molecule has 1 aromatic carbocycles. The Balaban J connectivity index is 2.42. The van der Waals surface area contributed by atoms with E-state index in [9.17, 15) is 4.79 Å². The molecule has 0 fully saturated rings. The number of halogens is 1. The first kappa shape index (κ1) is 17.0. The molecule has 0 heterocycles. The van der Waals surface area contributed by atoms with Crippen LogP contribution in [0.25, 0.3) is 0 Å². The van der Waals surface area contributed by atoms with Gasteiger partial charge in [0.15, 0.2) is 0 Å². The topological polar surface area (TPSA) is 32.3 Å². The number of likely N-dealkylation sites (N-methyl/N-ethyl adjacent to an activating group) is 1. The maximum Gasteiger partial charge on any atom is 0.234 e. The number of rotatable bonds is 5. The third-order valence-corrected chi connectivity index (χ3v) is 3.96. The molecule has 1 aromatic rings. The molecule has 0 spiro atoms. The van der Waals surface area contributed by atoms with Gasteiger partial charge in [0.2, 0.25) is 5.91 Å². The summed E-state index contributed by atoms with van der Waals surface area (Å²) in [5.74, 6) is 0.0403. The fourth-order valence-corrected chi connectivity index (χ4v) is 2.01. The minimum absolute atomic E-state index is 0.0403. The van der Waals surface area contributed by atoms with Gasteiger partial charge in [-0.2, -0.15) is 0 Å². The average molecular weight is 297 g/mol. The largest absolute Gasteiger partial charge is 0.351 e. The molecule has 0 aromatic heterocycles. The Morgan fingerprint density at radius 3 is 2.35 bits per heavy atom. The van der Waals surface area contributed by atoms with Crippen molar-refractivity contribution in [3.8, 4) is 0 Å². The molecule has 3 nitrogen and oxygen atoms in total. The molecule has 0 saturated carbocycles. The summed E-state index contributed by atoms with van der Waals surface area (Å²) in [6.07, 6.45) is 0. The Kier molecular flexibility index (Phi) is 6.03. The SMILES string of the molecule is CC(N(C)CC(=O)NCc1ccc(Cl)cc1)C(C)(C)C. The number of hydrogen-bond acceptors (Lipinski definition) is 2. The van der Waals surface area contributed by atoms with Gasteiger partial charge in [-0.15, -0.1) is 0 Å². The Labute approximate surface area is 127 Å². The van der Waals surface area contributed by atoms with Gasteiger partial charge >= 0.3 is 0 Å². The maximum atomic E-state index is 11.9. The quantitative estimate of drug-likeness (QED) is 0.904. The van der Waals surface area contributed by atoms with E-state index in [1.54, 1.807) is 0 Å². The maximum absolute atomic E-state index is 11.9. The Morgan fingerprint density at radius 2 is 1.85 bits per heavy atom. The number of nitrogens with one attached hydrogen (secondary N) is 1. The van der Waals surface area contributed by atoms with Crippen molar-refractivity contribution in [2.24, 2.45) is 5.41 Å². The molecule has 1 amide bonds. The minimum atomic E-state index is 0.0403. The van der Waals surface area contributed by atoms with Crippen LogP contribution in [0.3, 0.4) is 0 Å². The first-order valence-corrected chi connectivity index (χ1v) is 7.29. The molecule has 1 unspecified atom stereocenters. The minimum Gasteiger partial charge on any atom is -0.351 e. The highest BCUT2D eigenvalue weighted by molar-refractivity contribution is 6.30. The molecule has 112 valence electrons. The van der Waals surface area contributed by atoms with Crippen molar-refractivity contribution < 1.29 is 4.79 Å². The number of amides is 1. The summed E-state index contributed by atoms with van der Waals surface area (Å²) < 4.78 is 0. The zero-order valence-electron chi connectivity index (χ0n) is 13.0. The van der Waals surface area contributed by atoms with Crippen LogP contribution < -0.4 is 5.32 Å². The number of benzene rings is 1. The Morgan fingerprint density at radius 1 is 1.30 bits per heavy atom. The first-order valence-electron chi connectivity index (χ1n) is 6.91. The number of carbonyl (C=O) groups is 1. The van der Waals surface area contributed by atoms with Crippen LogP contribution in [-0.2, 0) is 11.3 Å². The van der Waals surface area contributed by atoms with Gasteiger partial charge in [-0.3, -0.25) is 9.69 Å². The normalized spacial score (nSPS) is 13.3. The molecule has 1 rings (SSSR count). The zero-order chi connectivity index (χ0) is 15.3. The summed E-state index contributed by atoms with van der Waals surface area (Å²) in [5.41, 5.74) is 1.21. The van der Waals surface area contributed by atoms with Gasteiger partial charge in [0.1, 0.15) is 0 Å². The third kappa shape index (κ3) is 5.51. The van der Waals surface area contributed by atoms with Crippen LogP contribution in [0.5, 0.6) is 0 Å². The molecule has 0 saturated heterocycles. The molecule has 1 N–H and O–H groups in total. The summed E-state index contributed by atoms with van der Waals surface area (Å²) in [5, 5.41) is 3.64. The number of nitrogens with zero attached hydrogens (tertiary/aromatic N) is 1. The number of carbonyl (C=O) groups excluding carboxylic acids is 1. The lowest BCUT2D eigenvalue weighted by atomic mass is 9.87. The van der Waals surface area contributed by atoms with Crippen LogP contribution in [0.15, 0.2) is 24.3 Å². The molecular formula is C16H25ClN2O. The average Bonchev–Trinajstić information content (AvgIpc) is 2.36. The highest BCUT2D eigenvalue weighted by atomic mass is 35.5. The van der Waals surface area contributed by atoms with Crippen molar-refractivity contribution >= 4 is 17.5 Å². The van der Waals surface area contributed by atoms with Crippen molar-refractivity contribution in [1.29, 1.82) is 0 Å². The van der Waals surface area contributed by atoms with E-state index in [2.05, 4.69) is 37.9 Å². The fraction of sp³-hybridized carbons (Fsp3) is 0.562. The van der Waals surface area contributed by atoms with Crippen LogP contribution in [0.1, 0.15) is 33.3 Å². The van der Waals surface area contributed by atoms with Gasteiger partial charge in [0.25, 0.3) is 0 Å². The molecule has 0 aliphatic carbocycles. The lowest BCUT2D eigenvalue weighted by Crippen LogP contribution is -2.44. The molecule has 0 radical (unpaired) electrons. The molecule has 0 aliphatic rings. The van der Waals surface area contributed by atoms with E-state index in [0.717, 1.165) is 5.56 Å². The molecule has 20 heavy (non-hydrogen) atoms. The smallest absolute Gasteiger partial charge is 0.234 e. The standard InChI is InChI=1S/C16H25ClN2O/c1-12(16(2,3)4)19(5)11-15(20)18-10-13-6-8-14(17)9-7-13/h6-9,12H,10-11H2,1-5H3,(H,18,20). The predicted octanol–water partition coefficient (Wildman–Crippen LogP) is 3.32. The molecule has 1 atom stereocenters. The summed E-state index contributed by atoms with van der Waals surface area (Å²) in [6, 6.07) is 7.84.